The van der Waals surface area contributed by atoms with Crippen LogP contribution in [-0.4, -0.2) is 75.7 Å². The number of hydrogen-bond acceptors (Lipinski definition) is 8. The standard InChI is InChI=1S/C34H47N3O7S/c1-9-20-37(30(40)25(19-21-45-8)36-32(42)44-34(5,6)7)28(24-17-13-14-18-27(24)38)29(39)35-26(31(41)43-33(2,3)4)22-23-15-11-10-12-16-23/h9-18,25-26,28,38H,1,19-22H2,2-8H3,(H,35,39)(H,36,42). The zero-order valence-corrected chi connectivity index (χ0v) is 28.1. The molecule has 10 nitrogen and oxygen atoms in total. The van der Waals surface area contributed by atoms with Gasteiger partial charge in [-0.25, -0.2) is 9.59 Å². The molecular formula is C34H47N3O7S. The molecule has 0 heterocycles. The summed E-state index contributed by atoms with van der Waals surface area (Å²) < 4.78 is 11.0. The Kier molecular flexibility index (Phi) is 14.0. The van der Waals surface area contributed by atoms with Crippen LogP contribution in [0.5, 0.6) is 5.75 Å². The highest BCUT2D eigenvalue weighted by Gasteiger charge is 2.39. The molecule has 0 fully saturated rings. The molecule has 45 heavy (non-hydrogen) atoms. The van der Waals surface area contributed by atoms with E-state index >= 15 is 0 Å². The second-order valence-corrected chi connectivity index (χ2v) is 13.5. The molecule has 11 heteroatoms. The van der Waals surface area contributed by atoms with Crippen molar-refractivity contribution >= 4 is 35.6 Å². The summed E-state index contributed by atoms with van der Waals surface area (Å²) in [6.45, 7) is 14.0. The first kappa shape index (κ1) is 37.2. The molecule has 2 rings (SSSR count). The van der Waals surface area contributed by atoms with E-state index in [4.69, 9.17) is 9.47 Å². The first-order valence-electron chi connectivity index (χ1n) is 14.8. The number of ether oxygens (including phenoxy) is 2. The van der Waals surface area contributed by atoms with Crippen LogP contribution in [0.3, 0.4) is 0 Å². The number of alkyl carbamates (subject to hydrolysis) is 1. The Balaban J connectivity index is 2.58. The van der Waals surface area contributed by atoms with E-state index in [9.17, 15) is 24.3 Å². The third-order valence-electron chi connectivity index (χ3n) is 6.29. The highest BCUT2D eigenvalue weighted by molar-refractivity contribution is 7.98. The number of phenols is 1. The predicted molar refractivity (Wildman–Crippen MR) is 177 cm³/mol. The van der Waals surface area contributed by atoms with Crippen molar-refractivity contribution < 1.29 is 33.8 Å². The van der Waals surface area contributed by atoms with Crippen molar-refractivity contribution in [3.05, 3.63) is 78.4 Å². The summed E-state index contributed by atoms with van der Waals surface area (Å²) in [5, 5.41) is 16.3. The number of hydrogen-bond donors (Lipinski definition) is 3. The lowest BCUT2D eigenvalue weighted by Crippen LogP contribution is -2.55. The van der Waals surface area contributed by atoms with Gasteiger partial charge in [-0.15, -0.1) is 6.58 Å². The van der Waals surface area contributed by atoms with Crippen molar-refractivity contribution in [3.8, 4) is 5.75 Å². The number of rotatable bonds is 14. The van der Waals surface area contributed by atoms with Crippen molar-refractivity contribution in [1.29, 1.82) is 0 Å². The summed E-state index contributed by atoms with van der Waals surface area (Å²) in [5.74, 6) is -1.66. The van der Waals surface area contributed by atoms with E-state index in [2.05, 4.69) is 17.2 Å². The van der Waals surface area contributed by atoms with Gasteiger partial charge in [-0.1, -0.05) is 54.6 Å². The molecule has 0 aliphatic heterocycles. The summed E-state index contributed by atoms with van der Waals surface area (Å²) in [6, 6.07) is 11.8. The number of para-hydroxylation sites is 1. The number of nitrogens with one attached hydrogen (secondary N) is 2. The van der Waals surface area contributed by atoms with E-state index in [1.54, 1.807) is 53.7 Å². The van der Waals surface area contributed by atoms with Gasteiger partial charge in [-0.2, -0.15) is 11.8 Å². The predicted octanol–water partition coefficient (Wildman–Crippen LogP) is 5.16. The highest BCUT2D eigenvalue weighted by atomic mass is 32.2. The Bertz CT molecular complexity index is 1300. The fraction of sp³-hybridized carbons (Fsp3) is 0.471. The molecule has 3 atom stereocenters. The Hall–Kier alpha value is -3.99. The van der Waals surface area contributed by atoms with Crippen molar-refractivity contribution in [2.75, 3.05) is 18.6 Å². The lowest BCUT2D eigenvalue weighted by Gasteiger charge is -2.35. The first-order valence-corrected chi connectivity index (χ1v) is 16.2. The number of esters is 1. The first-order chi connectivity index (χ1) is 21.1. The molecule has 0 saturated carbocycles. The number of carbonyl (C=O) groups excluding carboxylic acids is 4. The second kappa shape index (κ2) is 16.9. The Morgan fingerprint density at radius 1 is 0.911 bits per heavy atom. The smallest absolute Gasteiger partial charge is 0.408 e. The van der Waals surface area contributed by atoms with E-state index in [0.717, 1.165) is 5.56 Å². The van der Waals surface area contributed by atoms with Crippen molar-refractivity contribution in [3.63, 3.8) is 0 Å². The van der Waals surface area contributed by atoms with Crippen LogP contribution in [0.2, 0.25) is 0 Å². The Morgan fingerprint density at radius 2 is 1.51 bits per heavy atom. The maximum Gasteiger partial charge on any atom is 0.408 e. The average molecular weight is 642 g/mol. The maximum atomic E-state index is 14.3. The van der Waals surface area contributed by atoms with Gasteiger partial charge in [-0.05, 0) is 71.6 Å². The molecule has 0 radical (unpaired) electrons. The van der Waals surface area contributed by atoms with E-state index in [1.165, 1.54) is 34.9 Å². The lowest BCUT2D eigenvalue weighted by molar-refractivity contribution is -0.159. The molecule has 0 aromatic heterocycles. The quantitative estimate of drug-likeness (QED) is 0.190. The molecule has 0 bridgehead atoms. The van der Waals surface area contributed by atoms with Gasteiger partial charge in [0, 0.05) is 18.5 Å². The van der Waals surface area contributed by atoms with Crippen molar-refractivity contribution in [1.82, 2.24) is 15.5 Å². The van der Waals surface area contributed by atoms with Crippen LogP contribution in [0.15, 0.2) is 67.3 Å². The second-order valence-electron chi connectivity index (χ2n) is 12.5. The van der Waals surface area contributed by atoms with Gasteiger partial charge in [0.25, 0.3) is 0 Å². The minimum Gasteiger partial charge on any atom is -0.508 e. The fourth-order valence-corrected chi connectivity index (χ4v) is 4.91. The summed E-state index contributed by atoms with van der Waals surface area (Å²) in [5.41, 5.74) is -0.707. The summed E-state index contributed by atoms with van der Waals surface area (Å²) in [4.78, 5) is 55.8. The van der Waals surface area contributed by atoms with Crippen LogP contribution >= 0.6 is 11.8 Å². The molecular weight excluding hydrogens is 594 g/mol. The normalized spacial score (nSPS) is 13.5. The third kappa shape index (κ3) is 12.5. The zero-order valence-electron chi connectivity index (χ0n) is 27.3. The maximum absolute atomic E-state index is 14.3. The number of nitrogens with zero attached hydrogens (tertiary/aromatic N) is 1. The number of thioether (sulfide) groups is 1. The Labute approximate surface area is 270 Å². The Morgan fingerprint density at radius 3 is 2.07 bits per heavy atom. The number of aromatic hydroxyl groups is 1. The molecule has 0 spiro atoms. The molecule has 2 aromatic rings. The van der Waals surface area contributed by atoms with E-state index < -0.39 is 53.2 Å². The zero-order chi connectivity index (χ0) is 33.8. The van der Waals surface area contributed by atoms with Gasteiger partial charge in [0.05, 0.1) is 0 Å². The molecule has 3 N–H and O–H groups in total. The molecule has 0 aliphatic rings. The van der Waals surface area contributed by atoms with Gasteiger partial charge in [-0.3, -0.25) is 9.59 Å². The van der Waals surface area contributed by atoms with Gasteiger partial charge in [0.15, 0.2) is 0 Å². The number of carbonyl (C=O) groups is 4. The van der Waals surface area contributed by atoms with Crippen LogP contribution in [0, 0.1) is 0 Å². The average Bonchev–Trinajstić information content (AvgIpc) is 2.94. The number of amides is 3. The van der Waals surface area contributed by atoms with E-state index in [1.807, 2.05) is 36.6 Å². The van der Waals surface area contributed by atoms with Crippen LogP contribution < -0.4 is 10.6 Å². The van der Waals surface area contributed by atoms with E-state index in [0.29, 0.717) is 5.75 Å². The summed E-state index contributed by atoms with van der Waals surface area (Å²) in [6.07, 6.45) is 2.92. The van der Waals surface area contributed by atoms with Crippen LogP contribution in [-0.2, 0) is 30.3 Å². The highest BCUT2D eigenvalue weighted by Crippen LogP contribution is 2.30. The molecule has 3 amide bonds. The number of phenolic OH excluding ortho intramolecular Hbond substituents is 1. The lowest BCUT2D eigenvalue weighted by atomic mass is 9.99. The van der Waals surface area contributed by atoms with Gasteiger partial charge in [0.1, 0.15) is 35.1 Å². The van der Waals surface area contributed by atoms with Gasteiger partial charge < -0.3 is 30.1 Å². The van der Waals surface area contributed by atoms with Gasteiger partial charge in [0.2, 0.25) is 11.8 Å². The summed E-state index contributed by atoms with van der Waals surface area (Å²) in [7, 11) is 0. The summed E-state index contributed by atoms with van der Waals surface area (Å²) >= 11 is 1.49. The molecule has 0 aliphatic carbocycles. The topological polar surface area (TPSA) is 134 Å². The SMILES string of the molecule is C=CCN(C(=O)C(CCSC)NC(=O)OC(C)(C)C)C(C(=O)NC(Cc1ccccc1)C(=O)OC(C)(C)C)c1ccccc1O. The van der Waals surface area contributed by atoms with Crippen LogP contribution in [0.1, 0.15) is 65.1 Å². The molecule has 2 aromatic carbocycles. The van der Waals surface area contributed by atoms with Crippen molar-refractivity contribution in [2.45, 2.75) is 83.7 Å². The fourth-order valence-electron chi connectivity index (χ4n) is 4.44. The minimum atomic E-state index is -1.39. The van der Waals surface area contributed by atoms with E-state index in [-0.39, 0.29) is 30.7 Å². The van der Waals surface area contributed by atoms with Crippen LogP contribution in [0.25, 0.3) is 0 Å². The molecule has 246 valence electrons. The van der Waals surface area contributed by atoms with Gasteiger partial charge >= 0.3 is 12.1 Å². The minimum absolute atomic E-state index is 0.104. The number of benzene rings is 2. The molecule has 0 saturated heterocycles. The van der Waals surface area contributed by atoms with Crippen LogP contribution in [0.4, 0.5) is 4.79 Å². The largest absolute Gasteiger partial charge is 0.508 e. The third-order valence-corrected chi connectivity index (χ3v) is 6.93. The monoisotopic (exact) mass is 641 g/mol. The molecule has 3 unspecified atom stereocenters. The van der Waals surface area contributed by atoms with Crippen molar-refractivity contribution in [2.24, 2.45) is 0 Å².